The Hall–Kier alpha value is -0.520. The smallest absolute Gasteiger partial charge is 0.0127 e. The van der Waals surface area contributed by atoms with Crippen molar-refractivity contribution in [3.8, 4) is 0 Å². The molecule has 0 heteroatoms. The van der Waals surface area contributed by atoms with Crippen molar-refractivity contribution in [3.63, 3.8) is 0 Å². The molecule has 0 nitrogen and oxygen atoms in total. The molecule has 0 amide bonds. The highest BCUT2D eigenvalue weighted by Gasteiger charge is 2.27. The van der Waals surface area contributed by atoms with Gasteiger partial charge in [0.25, 0.3) is 0 Å². The molecule has 0 aliphatic heterocycles. The van der Waals surface area contributed by atoms with Crippen molar-refractivity contribution in [2.24, 2.45) is 11.8 Å². The van der Waals surface area contributed by atoms with E-state index >= 15 is 0 Å². The number of allylic oxidation sites excluding steroid dienone is 4. The average molecular weight is 148 g/mol. The van der Waals surface area contributed by atoms with Crippen LogP contribution in [0.15, 0.2) is 23.3 Å². The first-order chi connectivity index (χ1) is 5.29. The maximum absolute atomic E-state index is 2.35. The Labute approximate surface area is 69.0 Å². The third-order valence-corrected chi connectivity index (χ3v) is 3.05. The summed E-state index contributed by atoms with van der Waals surface area (Å²) >= 11 is 0. The van der Waals surface area contributed by atoms with Crippen LogP contribution < -0.4 is 0 Å². The fourth-order valence-electron chi connectivity index (χ4n) is 2.42. The third kappa shape index (κ3) is 1.05. The van der Waals surface area contributed by atoms with E-state index in [1.165, 1.54) is 19.3 Å². The minimum atomic E-state index is 0.849. The molecule has 0 aromatic heterocycles. The first-order valence-electron chi connectivity index (χ1n) is 4.67. The minimum Gasteiger partial charge on any atom is -0.0802 e. The predicted molar refractivity (Wildman–Crippen MR) is 48.3 cm³/mol. The van der Waals surface area contributed by atoms with Crippen molar-refractivity contribution in [2.45, 2.75) is 33.1 Å². The third-order valence-electron chi connectivity index (χ3n) is 3.05. The Morgan fingerprint density at radius 2 is 2.27 bits per heavy atom. The quantitative estimate of drug-likeness (QED) is 0.535. The lowest BCUT2D eigenvalue weighted by Gasteiger charge is -2.16. The monoisotopic (exact) mass is 148 g/mol. The lowest BCUT2D eigenvalue weighted by atomic mass is 9.88. The lowest BCUT2D eigenvalue weighted by molar-refractivity contribution is 0.435. The summed E-state index contributed by atoms with van der Waals surface area (Å²) in [4.78, 5) is 0. The van der Waals surface area contributed by atoms with Crippen LogP contribution in [-0.2, 0) is 0 Å². The van der Waals surface area contributed by atoms with Crippen molar-refractivity contribution in [1.82, 2.24) is 0 Å². The fraction of sp³-hybridized carbons (Fsp3) is 0.636. The predicted octanol–water partition coefficient (Wildman–Crippen LogP) is 3.31. The Balaban J connectivity index is 2.19. The van der Waals surface area contributed by atoms with Crippen LogP contribution in [0.1, 0.15) is 33.1 Å². The molecule has 0 heterocycles. The average Bonchev–Trinajstić information content (AvgIpc) is 2.41. The molecule has 2 rings (SSSR count). The van der Waals surface area contributed by atoms with Gasteiger partial charge in [-0.2, -0.15) is 0 Å². The van der Waals surface area contributed by atoms with E-state index in [1.54, 1.807) is 11.1 Å². The van der Waals surface area contributed by atoms with Crippen molar-refractivity contribution >= 4 is 0 Å². The Morgan fingerprint density at radius 1 is 1.45 bits per heavy atom. The first kappa shape index (κ1) is 7.15. The fourth-order valence-corrected chi connectivity index (χ4v) is 2.42. The van der Waals surface area contributed by atoms with E-state index in [-0.39, 0.29) is 0 Å². The summed E-state index contributed by atoms with van der Waals surface area (Å²) in [6, 6.07) is 0. The second-order valence-electron chi connectivity index (χ2n) is 4.05. The molecule has 2 aliphatic rings. The molecule has 0 fully saturated rings. The zero-order valence-corrected chi connectivity index (χ0v) is 7.43. The SMILES string of the molecule is CC(C)[C@@H]1CCC2=C1CC=C2. The summed E-state index contributed by atoms with van der Waals surface area (Å²) in [5, 5.41) is 0. The Bertz CT molecular complexity index is 218. The molecule has 0 spiro atoms. The van der Waals surface area contributed by atoms with E-state index in [2.05, 4.69) is 26.0 Å². The van der Waals surface area contributed by atoms with Crippen LogP contribution in [0.4, 0.5) is 0 Å². The van der Waals surface area contributed by atoms with E-state index in [0.29, 0.717) is 0 Å². The second-order valence-corrected chi connectivity index (χ2v) is 4.05. The van der Waals surface area contributed by atoms with Crippen molar-refractivity contribution < 1.29 is 0 Å². The van der Waals surface area contributed by atoms with E-state index in [0.717, 1.165) is 11.8 Å². The van der Waals surface area contributed by atoms with Crippen molar-refractivity contribution in [2.75, 3.05) is 0 Å². The van der Waals surface area contributed by atoms with Crippen LogP contribution in [0.25, 0.3) is 0 Å². The molecule has 0 N–H and O–H groups in total. The van der Waals surface area contributed by atoms with Gasteiger partial charge in [0.05, 0.1) is 0 Å². The Kier molecular flexibility index (Phi) is 1.63. The number of hydrogen-bond donors (Lipinski definition) is 0. The van der Waals surface area contributed by atoms with Gasteiger partial charge in [-0.15, -0.1) is 0 Å². The van der Waals surface area contributed by atoms with E-state index < -0.39 is 0 Å². The summed E-state index contributed by atoms with van der Waals surface area (Å²) in [7, 11) is 0. The van der Waals surface area contributed by atoms with Gasteiger partial charge in [-0.05, 0) is 36.7 Å². The van der Waals surface area contributed by atoms with Crippen LogP contribution in [0.3, 0.4) is 0 Å². The van der Waals surface area contributed by atoms with Crippen LogP contribution in [-0.4, -0.2) is 0 Å². The number of rotatable bonds is 1. The van der Waals surface area contributed by atoms with E-state index in [4.69, 9.17) is 0 Å². The zero-order chi connectivity index (χ0) is 7.84. The van der Waals surface area contributed by atoms with Crippen LogP contribution in [0.5, 0.6) is 0 Å². The summed E-state index contributed by atoms with van der Waals surface area (Å²) in [5.41, 5.74) is 3.41. The van der Waals surface area contributed by atoms with E-state index in [9.17, 15) is 0 Å². The molecular formula is C11H16. The van der Waals surface area contributed by atoms with Gasteiger partial charge in [-0.25, -0.2) is 0 Å². The van der Waals surface area contributed by atoms with Crippen LogP contribution in [0, 0.1) is 11.8 Å². The topological polar surface area (TPSA) is 0 Å². The second kappa shape index (κ2) is 2.51. The normalized spacial score (nSPS) is 28.8. The summed E-state index contributed by atoms with van der Waals surface area (Å²) in [6.07, 6.45) is 8.65. The molecule has 0 aromatic rings. The van der Waals surface area contributed by atoms with Gasteiger partial charge in [-0.1, -0.05) is 31.6 Å². The van der Waals surface area contributed by atoms with Crippen LogP contribution >= 0.6 is 0 Å². The zero-order valence-electron chi connectivity index (χ0n) is 7.43. The molecule has 0 saturated heterocycles. The molecule has 0 unspecified atom stereocenters. The molecule has 1 atom stereocenters. The van der Waals surface area contributed by atoms with E-state index in [1.807, 2.05) is 0 Å². The van der Waals surface area contributed by atoms with Gasteiger partial charge < -0.3 is 0 Å². The largest absolute Gasteiger partial charge is 0.0802 e. The molecule has 11 heavy (non-hydrogen) atoms. The minimum absolute atomic E-state index is 0.849. The number of hydrogen-bond acceptors (Lipinski definition) is 0. The molecular weight excluding hydrogens is 132 g/mol. The molecule has 60 valence electrons. The maximum atomic E-state index is 2.35. The van der Waals surface area contributed by atoms with Gasteiger partial charge >= 0.3 is 0 Å². The first-order valence-corrected chi connectivity index (χ1v) is 4.67. The summed E-state index contributed by atoms with van der Waals surface area (Å²) in [6.45, 7) is 4.69. The van der Waals surface area contributed by atoms with Gasteiger partial charge in [0, 0.05) is 0 Å². The summed E-state index contributed by atoms with van der Waals surface area (Å²) in [5.74, 6) is 1.75. The summed E-state index contributed by atoms with van der Waals surface area (Å²) < 4.78 is 0. The highest BCUT2D eigenvalue weighted by atomic mass is 14.3. The van der Waals surface area contributed by atoms with Crippen molar-refractivity contribution in [1.29, 1.82) is 0 Å². The molecule has 2 aliphatic carbocycles. The molecule has 0 aromatic carbocycles. The van der Waals surface area contributed by atoms with Gasteiger partial charge in [0.2, 0.25) is 0 Å². The van der Waals surface area contributed by atoms with Gasteiger partial charge in [0.15, 0.2) is 0 Å². The van der Waals surface area contributed by atoms with Gasteiger partial charge in [-0.3, -0.25) is 0 Å². The van der Waals surface area contributed by atoms with Gasteiger partial charge in [0.1, 0.15) is 0 Å². The standard InChI is InChI=1S/C11H16/c1-8(2)10-7-6-9-4-3-5-11(9)10/h3-4,8,10H,5-7H2,1-2H3/t10-/m0/s1. The molecule has 0 radical (unpaired) electrons. The molecule has 0 saturated carbocycles. The highest BCUT2D eigenvalue weighted by molar-refractivity contribution is 5.38. The molecule has 0 bridgehead atoms. The Morgan fingerprint density at radius 3 is 3.00 bits per heavy atom. The van der Waals surface area contributed by atoms with Crippen molar-refractivity contribution in [3.05, 3.63) is 23.3 Å². The highest BCUT2D eigenvalue weighted by Crippen LogP contribution is 2.42. The maximum Gasteiger partial charge on any atom is -0.0127 e. The lowest BCUT2D eigenvalue weighted by Crippen LogP contribution is -2.06. The van der Waals surface area contributed by atoms with Crippen LogP contribution in [0.2, 0.25) is 0 Å².